The van der Waals surface area contributed by atoms with Crippen LogP contribution >= 0.6 is 0 Å². The minimum absolute atomic E-state index is 0.0551. The van der Waals surface area contributed by atoms with Crippen LogP contribution in [0.1, 0.15) is 87.6 Å². The predicted octanol–water partition coefficient (Wildman–Crippen LogP) is 4.25. The summed E-state index contributed by atoms with van der Waals surface area (Å²) < 4.78 is 88.7. The third kappa shape index (κ3) is 22.1. The van der Waals surface area contributed by atoms with Gasteiger partial charge < -0.3 is 124 Å². The van der Waals surface area contributed by atoms with E-state index < -0.39 is 191 Å². The Balaban J connectivity index is 0.912. The average molecular weight is 1560 g/mol. The lowest BCUT2D eigenvalue weighted by Gasteiger charge is -2.47. The summed E-state index contributed by atoms with van der Waals surface area (Å²) in [7, 11) is 5.35. The Morgan fingerprint density at radius 3 is 1.18 bits per heavy atom. The van der Waals surface area contributed by atoms with Gasteiger partial charge in [0.05, 0.1) is 18.1 Å². The molecule has 112 heavy (non-hydrogen) atoms. The monoisotopic (exact) mass is 1560 g/mol. The molecular formula is C79H102N8O25. The van der Waals surface area contributed by atoms with Gasteiger partial charge >= 0.3 is 24.4 Å². The molecule has 33 heteroatoms. The van der Waals surface area contributed by atoms with Gasteiger partial charge in [-0.3, -0.25) is 19.2 Å². The molecule has 0 radical (unpaired) electrons. The van der Waals surface area contributed by atoms with Crippen molar-refractivity contribution in [2.24, 2.45) is 0 Å². The van der Waals surface area contributed by atoms with Crippen molar-refractivity contribution in [1.82, 2.24) is 42.5 Å². The van der Waals surface area contributed by atoms with Gasteiger partial charge in [0.1, 0.15) is 107 Å². The van der Waals surface area contributed by atoms with E-state index in [0.29, 0.717) is 0 Å². The Hall–Kier alpha value is -9.46. The van der Waals surface area contributed by atoms with Crippen molar-refractivity contribution in [2.75, 3.05) is 95.0 Å². The highest BCUT2D eigenvalue weighted by Gasteiger charge is 2.56. The van der Waals surface area contributed by atoms with Gasteiger partial charge in [-0.25, -0.2) is 19.2 Å². The molecular weight excluding hydrogens is 1460 g/mol. The van der Waals surface area contributed by atoms with Crippen molar-refractivity contribution in [1.29, 1.82) is 0 Å². The standard InChI is InChI=1S/C79H102N8O25/c1-78(2,3)111-76(96)86-60-66(106-42-100-9)64(104-40-98-7)56(36-83-74(94)102-38-53-49-28-18-14-24-45(49)46-25-15-19-29-50(46)53)109-69(60)72(92)82-35-55-62(89)63(90)59(68(108-55)71(91)80-33-32-58(88)81-34-44-22-12-11-13-23-44)85-73(93)70-61(87-77(97)112-79(4,5)6)67(107-43-101-10)65(105-41-99-8)57(110-70)37-84-75(95)103-39-54-51-30-20-16-26-47(51)48-27-17-21-31-52(48)54/h11-31,53-57,59-70,89-90H,32-43H2,1-10H3,(H,80,91)(H,81,88)(H,82,92)(H,83,94)(H,84,95)(H,85,93)(H,86,96)(H,87,97)/t55-,56-,57-,59-,60-,61-,62-,63-,64-,65-,66-,67-,68-,69-,70-/m1/s1. The van der Waals surface area contributed by atoms with Crippen molar-refractivity contribution < 1.29 is 120 Å². The SMILES string of the molecule is COCO[C@@H]1[C@@H](NC(=O)OC(C)(C)C)[C@H](C(=O)NC[C@H]2O[C@@H](C(=O)NCCC(=O)NCc3ccccc3)[C@H](NC(=O)[C@@H]3O[C@H](CNC(=O)OCC4c5ccccc5-c5ccccc54)[C@@H](OCOC)[C@H](OCOC)[C@H]3NC(=O)OC(C)(C)C)[C@@H](O)[C@@H]2O)O[C@H](CNC(=O)OCC2c3ccccc3-c3ccccc32)[C@H]1OCOC. The van der Waals surface area contributed by atoms with Crippen LogP contribution in [0, 0.1) is 0 Å². The van der Waals surface area contributed by atoms with Crippen LogP contribution in [0.3, 0.4) is 0 Å². The summed E-state index contributed by atoms with van der Waals surface area (Å²) in [4.78, 5) is 114. The summed E-state index contributed by atoms with van der Waals surface area (Å²) in [5.74, 6) is -4.33. The van der Waals surface area contributed by atoms with Gasteiger partial charge in [0.25, 0.3) is 17.7 Å². The normalized spacial score (nSPS) is 24.6. The minimum Gasteiger partial charge on any atom is -0.449 e. The van der Waals surface area contributed by atoms with Crippen molar-refractivity contribution in [3.05, 3.63) is 155 Å². The van der Waals surface area contributed by atoms with Crippen LogP contribution < -0.4 is 42.5 Å². The number of hydrogen-bond acceptors (Lipinski definition) is 25. The molecule has 3 aliphatic heterocycles. The summed E-state index contributed by atoms with van der Waals surface area (Å²) in [6.45, 7) is 6.02. The van der Waals surface area contributed by atoms with Crippen LogP contribution in [-0.4, -0.2) is 256 Å². The van der Waals surface area contributed by atoms with Crippen molar-refractivity contribution in [3.63, 3.8) is 0 Å². The van der Waals surface area contributed by atoms with Gasteiger partial charge in [0.2, 0.25) is 5.91 Å². The number of hydrogen-bond donors (Lipinski definition) is 10. The summed E-state index contributed by atoms with van der Waals surface area (Å²) in [6.07, 6.45) is -24.0. The highest BCUT2D eigenvalue weighted by Crippen LogP contribution is 2.46. The molecule has 5 aromatic carbocycles. The first-order valence-corrected chi connectivity index (χ1v) is 36.9. The fourth-order valence-electron chi connectivity index (χ4n) is 14.3. The third-order valence-corrected chi connectivity index (χ3v) is 19.1. The lowest BCUT2D eigenvalue weighted by molar-refractivity contribution is -0.244. The van der Waals surface area contributed by atoms with Gasteiger partial charge in [-0.15, -0.1) is 0 Å². The largest absolute Gasteiger partial charge is 0.449 e. The summed E-state index contributed by atoms with van der Waals surface area (Å²) in [6, 6.07) is 35.1. The number of fused-ring (bicyclic) bond motifs is 6. The van der Waals surface area contributed by atoms with Crippen molar-refractivity contribution in [2.45, 2.75) is 169 Å². The third-order valence-electron chi connectivity index (χ3n) is 19.1. The molecule has 33 nitrogen and oxygen atoms in total. The molecule has 3 heterocycles. The zero-order chi connectivity index (χ0) is 80.2. The molecule has 10 rings (SSSR count). The van der Waals surface area contributed by atoms with Crippen LogP contribution in [-0.2, 0) is 96.8 Å². The first-order chi connectivity index (χ1) is 53.8. The number of ether oxygens (including phenoxy) is 15. The number of nitrogens with one attached hydrogen (secondary N) is 8. The minimum atomic E-state index is -2.18. The number of aliphatic hydroxyl groups is 2. The molecule has 5 aliphatic rings. The molecule has 0 spiro atoms. The Labute approximate surface area is 648 Å². The molecule has 0 aromatic heterocycles. The van der Waals surface area contributed by atoms with Crippen LogP contribution in [0.25, 0.3) is 22.3 Å². The average Bonchev–Trinajstić information content (AvgIpc) is 1.38. The number of amides is 8. The molecule has 0 unspecified atom stereocenters. The van der Waals surface area contributed by atoms with E-state index in [1.807, 2.05) is 115 Å². The van der Waals surface area contributed by atoms with E-state index in [2.05, 4.69) is 42.5 Å². The summed E-state index contributed by atoms with van der Waals surface area (Å²) in [5.41, 5.74) is 6.47. The number of carbonyl (C=O) groups is 8. The van der Waals surface area contributed by atoms with Crippen LogP contribution in [0.4, 0.5) is 19.2 Å². The number of alkyl carbamates (subject to hydrolysis) is 4. The molecule has 0 saturated carbocycles. The fourth-order valence-corrected chi connectivity index (χ4v) is 14.3. The molecule has 10 N–H and O–H groups in total. The zero-order valence-electron chi connectivity index (χ0n) is 64.2. The number of benzene rings is 5. The molecule has 3 fully saturated rings. The maximum absolute atomic E-state index is 15.5. The van der Waals surface area contributed by atoms with Crippen LogP contribution in [0.2, 0.25) is 0 Å². The van der Waals surface area contributed by atoms with E-state index in [9.17, 15) is 39.0 Å². The van der Waals surface area contributed by atoms with E-state index in [0.717, 1.165) is 50.1 Å². The topological polar surface area (TPSA) is 412 Å². The maximum atomic E-state index is 15.5. The smallest absolute Gasteiger partial charge is 0.408 e. The lowest BCUT2D eigenvalue weighted by Crippen LogP contribution is -2.73. The van der Waals surface area contributed by atoms with Gasteiger partial charge in [0, 0.05) is 79.4 Å². The van der Waals surface area contributed by atoms with Crippen molar-refractivity contribution >= 4 is 48.0 Å². The van der Waals surface area contributed by atoms with Gasteiger partial charge in [0.15, 0.2) is 18.3 Å². The quantitative estimate of drug-likeness (QED) is 0.0207. The predicted molar refractivity (Wildman–Crippen MR) is 398 cm³/mol. The molecule has 608 valence electrons. The molecule has 2 aliphatic carbocycles. The second-order valence-electron chi connectivity index (χ2n) is 29.3. The van der Waals surface area contributed by atoms with Gasteiger partial charge in [-0.05, 0) is 91.6 Å². The Bertz CT molecular complexity index is 3900. The van der Waals surface area contributed by atoms with E-state index in [-0.39, 0.29) is 51.4 Å². The van der Waals surface area contributed by atoms with E-state index in [1.165, 1.54) is 28.4 Å². The second kappa shape index (κ2) is 39.8. The Morgan fingerprint density at radius 1 is 0.393 bits per heavy atom. The molecule has 15 atom stereocenters. The summed E-state index contributed by atoms with van der Waals surface area (Å²) in [5, 5.41) is 46.2. The number of methoxy groups -OCH3 is 4. The number of carbonyl (C=O) groups excluding carboxylic acids is 8. The zero-order valence-corrected chi connectivity index (χ0v) is 64.2. The maximum Gasteiger partial charge on any atom is 0.408 e. The Morgan fingerprint density at radius 2 is 0.759 bits per heavy atom. The van der Waals surface area contributed by atoms with Crippen molar-refractivity contribution in [3.8, 4) is 22.3 Å². The van der Waals surface area contributed by atoms with Crippen LogP contribution in [0.5, 0.6) is 0 Å². The molecule has 5 aromatic rings. The summed E-state index contributed by atoms with van der Waals surface area (Å²) >= 11 is 0. The molecule has 0 bridgehead atoms. The molecule has 3 saturated heterocycles. The van der Waals surface area contributed by atoms with Gasteiger partial charge in [-0.1, -0.05) is 127 Å². The van der Waals surface area contributed by atoms with E-state index in [1.54, 1.807) is 53.7 Å². The number of rotatable bonds is 33. The Kier molecular flexibility index (Phi) is 30.2. The van der Waals surface area contributed by atoms with E-state index >= 15 is 9.59 Å². The fraction of sp³-hybridized carbons (Fsp3) is 0.519. The first-order valence-electron chi connectivity index (χ1n) is 36.9. The highest BCUT2D eigenvalue weighted by atomic mass is 16.7. The second-order valence-corrected chi connectivity index (χ2v) is 29.3. The first kappa shape index (κ1) is 85.0. The lowest BCUT2D eigenvalue weighted by atomic mass is 9.89. The highest BCUT2D eigenvalue weighted by molar-refractivity contribution is 5.88. The van der Waals surface area contributed by atoms with Gasteiger partial charge in [-0.2, -0.15) is 0 Å². The van der Waals surface area contributed by atoms with Crippen LogP contribution in [0.15, 0.2) is 127 Å². The van der Waals surface area contributed by atoms with E-state index in [4.69, 9.17) is 71.1 Å². The number of aliphatic hydroxyl groups excluding tert-OH is 2. The molecule has 8 amide bonds.